The number of ether oxygens (including phenoxy) is 2. The fraction of sp³-hybridized carbons (Fsp3) is 0.667. The van der Waals surface area contributed by atoms with Crippen LogP contribution in [0.25, 0.3) is 0 Å². The molecule has 4 nitrogen and oxygen atoms in total. The highest BCUT2D eigenvalue weighted by molar-refractivity contribution is 5.81. The summed E-state index contributed by atoms with van der Waals surface area (Å²) in [5, 5.41) is 0. The van der Waals surface area contributed by atoms with Crippen molar-refractivity contribution in [2.75, 3.05) is 13.2 Å². The first-order chi connectivity index (χ1) is 10.5. The molecule has 0 saturated heterocycles. The molecule has 3 aliphatic carbocycles. The first-order valence-electron chi connectivity index (χ1n) is 8.14. The lowest BCUT2D eigenvalue weighted by Crippen LogP contribution is -2.59. The normalized spacial score (nSPS) is 38.4. The zero-order valence-corrected chi connectivity index (χ0v) is 13.0. The van der Waals surface area contributed by atoms with Gasteiger partial charge in [0.05, 0.1) is 13.2 Å². The zero-order chi connectivity index (χ0) is 15.8. The van der Waals surface area contributed by atoms with E-state index in [2.05, 4.69) is 13.2 Å². The van der Waals surface area contributed by atoms with Crippen molar-refractivity contribution in [3.63, 3.8) is 0 Å². The predicted molar refractivity (Wildman–Crippen MR) is 81.9 cm³/mol. The van der Waals surface area contributed by atoms with E-state index >= 15 is 0 Å². The van der Waals surface area contributed by atoms with Crippen LogP contribution in [0.5, 0.6) is 0 Å². The van der Waals surface area contributed by atoms with Crippen molar-refractivity contribution in [1.82, 2.24) is 0 Å². The van der Waals surface area contributed by atoms with Crippen LogP contribution < -0.4 is 0 Å². The molecular weight excluding hydrogens is 280 g/mol. The molecule has 3 fully saturated rings. The summed E-state index contributed by atoms with van der Waals surface area (Å²) in [6.45, 7) is 7.79. The highest BCUT2D eigenvalue weighted by Crippen LogP contribution is 2.70. The van der Waals surface area contributed by atoms with Crippen LogP contribution in [0.3, 0.4) is 0 Å². The lowest BCUT2D eigenvalue weighted by molar-refractivity contribution is -0.195. The van der Waals surface area contributed by atoms with Crippen LogP contribution in [0.15, 0.2) is 25.3 Å². The van der Waals surface area contributed by atoms with Gasteiger partial charge in [0.2, 0.25) is 0 Å². The van der Waals surface area contributed by atoms with Crippen molar-refractivity contribution in [2.24, 2.45) is 22.7 Å². The molecule has 0 aliphatic heterocycles. The Hall–Kier alpha value is -1.58. The second kappa shape index (κ2) is 5.56. The van der Waals surface area contributed by atoms with Gasteiger partial charge in [0.25, 0.3) is 0 Å². The Balaban J connectivity index is 1.80. The van der Waals surface area contributed by atoms with Gasteiger partial charge in [0.1, 0.15) is 0 Å². The predicted octanol–water partition coefficient (Wildman–Crippen LogP) is 3.03. The van der Waals surface area contributed by atoms with E-state index in [0.29, 0.717) is 19.1 Å². The molecule has 4 atom stereocenters. The maximum absolute atomic E-state index is 11.5. The van der Waals surface area contributed by atoms with E-state index in [4.69, 9.17) is 9.47 Å². The van der Waals surface area contributed by atoms with Crippen molar-refractivity contribution in [3.8, 4) is 0 Å². The maximum atomic E-state index is 11.5. The summed E-state index contributed by atoms with van der Waals surface area (Å²) >= 11 is 0. The van der Waals surface area contributed by atoms with Gasteiger partial charge in [-0.3, -0.25) is 0 Å². The van der Waals surface area contributed by atoms with Crippen LogP contribution in [-0.4, -0.2) is 25.2 Å². The van der Waals surface area contributed by atoms with Gasteiger partial charge >= 0.3 is 11.9 Å². The molecule has 3 rings (SSSR count). The van der Waals surface area contributed by atoms with Crippen LogP contribution in [0, 0.1) is 22.7 Å². The number of esters is 2. The third kappa shape index (κ3) is 2.20. The molecule has 3 aliphatic rings. The van der Waals surface area contributed by atoms with Gasteiger partial charge in [-0.1, -0.05) is 13.2 Å². The second-order valence-electron chi connectivity index (χ2n) is 7.14. The first kappa shape index (κ1) is 15.3. The highest BCUT2D eigenvalue weighted by Gasteiger charge is 2.66. The van der Waals surface area contributed by atoms with Gasteiger partial charge < -0.3 is 9.47 Å². The lowest BCUT2D eigenvalue weighted by Gasteiger charge is -2.61. The quantitative estimate of drug-likeness (QED) is 0.559. The van der Waals surface area contributed by atoms with E-state index in [-0.39, 0.29) is 22.8 Å². The van der Waals surface area contributed by atoms with Crippen LogP contribution in [0.1, 0.15) is 38.5 Å². The average Bonchev–Trinajstić information content (AvgIpc) is 2.90. The topological polar surface area (TPSA) is 52.6 Å². The van der Waals surface area contributed by atoms with Gasteiger partial charge in [0.15, 0.2) is 0 Å². The van der Waals surface area contributed by atoms with Crippen molar-refractivity contribution in [3.05, 3.63) is 25.3 Å². The van der Waals surface area contributed by atoms with Gasteiger partial charge in [-0.15, -0.1) is 0 Å². The summed E-state index contributed by atoms with van der Waals surface area (Å²) < 4.78 is 10.9. The molecule has 2 bridgehead atoms. The van der Waals surface area contributed by atoms with Crippen LogP contribution in [0.2, 0.25) is 0 Å². The molecule has 0 radical (unpaired) electrons. The summed E-state index contributed by atoms with van der Waals surface area (Å²) in [5.74, 6) is 0.598. The van der Waals surface area contributed by atoms with E-state index in [1.54, 1.807) is 0 Å². The van der Waals surface area contributed by atoms with E-state index in [9.17, 15) is 9.59 Å². The van der Waals surface area contributed by atoms with E-state index in [0.717, 1.165) is 25.2 Å². The molecule has 4 unspecified atom stereocenters. The standard InChI is InChI=1S/C18H24O4/c1-3-15(19)21-11-17-7-5-13(10-17)9-14-6-8-18(14,17)12-22-16(20)4-2/h3-4,13-14H,1-2,5-12H2. The monoisotopic (exact) mass is 304 g/mol. The molecule has 0 aromatic rings. The molecule has 0 amide bonds. The zero-order valence-electron chi connectivity index (χ0n) is 13.0. The number of fused-ring (bicyclic) bond motifs is 4. The summed E-state index contributed by atoms with van der Waals surface area (Å²) in [6.07, 6.45) is 9.25. The smallest absolute Gasteiger partial charge is 0.330 e. The van der Waals surface area contributed by atoms with E-state index in [1.165, 1.54) is 31.4 Å². The van der Waals surface area contributed by atoms with Crippen LogP contribution >= 0.6 is 0 Å². The Kier molecular flexibility index (Phi) is 3.87. The third-order valence-corrected chi connectivity index (χ3v) is 6.40. The second-order valence-corrected chi connectivity index (χ2v) is 7.14. The molecule has 0 N–H and O–H groups in total. The van der Waals surface area contributed by atoms with Crippen LogP contribution in [-0.2, 0) is 19.1 Å². The van der Waals surface area contributed by atoms with Crippen LogP contribution in [0.4, 0.5) is 0 Å². The molecule has 0 aromatic carbocycles. The Morgan fingerprint density at radius 1 is 1.05 bits per heavy atom. The Bertz CT molecular complexity index is 487. The maximum Gasteiger partial charge on any atom is 0.330 e. The van der Waals surface area contributed by atoms with Gasteiger partial charge in [0, 0.05) is 23.0 Å². The molecular formula is C18H24O4. The van der Waals surface area contributed by atoms with Gasteiger partial charge in [-0.25, -0.2) is 9.59 Å². The van der Waals surface area contributed by atoms with Crippen molar-refractivity contribution < 1.29 is 19.1 Å². The van der Waals surface area contributed by atoms with Crippen molar-refractivity contribution in [1.29, 1.82) is 0 Å². The fourth-order valence-electron chi connectivity index (χ4n) is 5.18. The molecule has 0 heterocycles. The summed E-state index contributed by atoms with van der Waals surface area (Å²) in [5.41, 5.74) is -0.0426. The largest absolute Gasteiger partial charge is 0.462 e. The SMILES string of the molecule is C=CC(=O)OCC12CCC(CC3CCC31COC(=O)C=C)C2. The number of carbonyl (C=O) groups is 2. The minimum atomic E-state index is -0.363. The fourth-order valence-corrected chi connectivity index (χ4v) is 5.18. The molecule has 0 aromatic heterocycles. The molecule has 120 valence electrons. The Morgan fingerprint density at radius 3 is 2.32 bits per heavy atom. The van der Waals surface area contributed by atoms with E-state index in [1.807, 2.05) is 0 Å². The molecule has 4 heteroatoms. The summed E-state index contributed by atoms with van der Waals surface area (Å²) in [7, 11) is 0. The van der Waals surface area contributed by atoms with Crippen molar-refractivity contribution >= 4 is 11.9 Å². The van der Waals surface area contributed by atoms with E-state index < -0.39 is 0 Å². The highest BCUT2D eigenvalue weighted by atomic mass is 16.5. The summed E-state index contributed by atoms with van der Waals surface area (Å²) in [6, 6.07) is 0. The third-order valence-electron chi connectivity index (χ3n) is 6.40. The Labute approximate surface area is 131 Å². The summed E-state index contributed by atoms with van der Waals surface area (Å²) in [4.78, 5) is 23.0. The average molecular weight is 304 g/mol. The van der Waals surface area contributed by atoms with Crippen molar-refractivity contribution in [2.45, 2.75) is 38.5 Å². The Morgan fingerprint density at radius 2 is 1.73 bits per heavy atom. The minimum Gasteiger partial charge on any atom is -0.462 e. The van der Waals surface area contributed by atoms with Gasteiger partial charge in [-0.2, -0.15) is 0 Å². The minimum absolute atomic E-state index is 0.0138. The molecule has 22 heavy (non-hydrogen) atoms. The number of carbonyl (C=O) groups excluding carboxylic acids is 2. The number of rotatable bonds is 6. The number of hydrogen-bond donors (Lipinski definition) is 0. The molecule has 3 saturated carbocycles. The van der Waals surface area contributed by atoms with Gasteiger partial charge in [-0.05, 0) is 50.4 Å². The lowest BCUT2D eigenvalue weighted by atomic mass is 9.44. The first-order valence-corrected chi connectivity index (χ1v) is 8.14. The molecule has 0 spiro atoms. The number of hydrogen-bond acceptors (Lipinski definition) is 4.